The van der Waals surface area contributed by atoms with Crippen LogP contribution in [-0.4, -0.2) is 39.9 Å². The van der Waals surface area contributed by atoms with Gasteiger partial charge in [0.1, 0.15) is 0 Å². The van der Waals surface area contributed by atoms with Crippen LogP contribution in [0, 0.1) is 0 Å². The van der Waals surface area contributed by atoms with Crippen LogP contribution in [-0.2, 0) is 0 Å². The summed E-state index contributed by atoms with van der Waals surface area (Å²) in [6.45, 7) is 2.34. The van der Waals surface area contributed by atoms with E-state index in [-0.39, 0.29) is 12.1 Å². The van der Waals surface area contributed by atoms with Gasteiger partial charge in [-0.25, -0.2) is 4.79 Å². The Morgan fingerprint density at radius 3 is 2.69 bits per heavy atom. The molecule has 0 aromatic heterocycles. The van der Waals surface area contributed by atoms with Crippen LogP contribution in [0.25, 0.3) is 0 Å². The summed E-state index contributed by atoms with van der Waals surface area (Å²) in [5, 5.41) is 18.2. The van der Waals surface area contributed by atoms with E-state index in [0.717, 1.165) is 19.3 Å². The first-order chi connectivity index (χ1) is 6.15. The van der Waals surface area contributed by atoms with E-state index >= 15 is 0 Å². The van der Waals surface area contributed by atoms with Crippen molar-refractivity contribution in [2.45, 2.75) is 44.8 Å². The number of hydrogen-bond donors (Lipinski definition) is 2. The Balaban J connectivity index is 2.52. The van der Waals surface area contributed by atoms with Gasteiger partial charge in [-0.15, -0.1) is 0 Å². The molecule has 0 bridgehead atoms. The molecule has 2 N–H and O–H groups in total. The summed E-state index contributed by atoms with van der Waals surface area (Å²) in [4.78, 5) is 12.2. The zero-order valence-corrected chi connectivity index (χ0v) is 7.94. The second-order valence-electron chi connectivity index (χ2n) is 3.54. The van der Waals surface area contributed by atoms with Crippen molar-refractivity contribution in [2.24, 2.45) is 0 Å². The molecule has 2 atom stereocenters. The van der Waals surface area contributed by atoms with Crippen molar-refractivity contribution in [2.75, 3.05) is 6.54 Å². The van der Waals surface area contributed by atoms with Crippen molar-refractivity contribution in [1.82, 2.24) is 4.90 Å². The van der Waals surface area contributed by atoms with Gasteiger partial charge in [-0.3, -0.25) is 0 Å². The number of carbonyl (C=O) groups is 1. The summed E-state index contributed by atoms with van der Waals surface area (Å²) >= 11 is 0. The molecule has 13 heavy (non-hydrogen) atoms. The van der Waals surface area contributed by atoms with E-state index < -0.39 is 6.09 Å². The molecule has 4 nitrogen and oxygen atoms in total. The number of aliphatic hydroxyl groups is 1. The lowest BCUT2D eigenvalue weighted by Gasteiger charge is -2.33. The third-order valence-corrected chi connectivity index (χ3v) is 2.65. The molecule has 1 fully saturated rings. The summed E-state index contributed by atoms with van der Waals surface area (Å²) < 4.78 is 0. The number of hydrogen-bond acceptors (Lipinski definition) is 2. The number of amides is 1. The SMILES string of the molecule is CCN(C(=O)O)C1CCCC(O)C1. The van der Waals surface area contributed by atoms with Crippen molar-refractivity contribution in [1.29, 1.82) is 0 Å². The monoisotopic (exact) mass is 187 g/mol. The summed E-state index contributed by atoms with van der Waals surface area (Å²) in [6, 6.07) is 0.0197. The van der Waals surface area contributed by atoms with Crippen molar-refractivity contribution in [3.63, 3.8) is 0 Å². The maximum absolute atomic E-state index is 10.8. The highest BCUT2D eigenvalue weighted by Crippen LogP contribution is 2.22. The van der Waals surface area contributed by atoms with Crippen LogP contribution in [0.4, 0.5) is 4.79 Å². The van der Waals surface area contributed by atoms with Crippen molar-refractivity contribution >= 4 is 6.09 Å². The fraction of sp³-hybridized carbons (Fsp3) is 0.889. The van der Waals surface area contributed by atoms with E-state index in [2.05, 4.69) is 0 Å². The first-order valence-electron chi connectivity index (χ1n) is 4.82. The van der Waals surface area contributed by atoms with Gasteiger partial charge in [0.15, 0.2) is 0 Å². The molecule has 0 saturated heterocycles. The third kappa shape index (κ3) is 2.59. The van der Waals surface area contributed by atoms with Crippen LogP contribution in [0.2, 0.25) is 0 Å². The Morgan fingerprint density at radius 1 is 1.54 bits per heavy atom. The van der Waals surface area contributed by atoms with Crippen LogP contribution in [0.5, 0.6) is 0 Å². The standard InChI is InChI=1S/C9H17NO3/c1-2-10(9(12)13)7-4-3-5-8(11)6-7/h7-8,11H,2-6H2,1H3,(H,12,13). The topological polar surface area (TPSA) is 60.8 Å². The Hall–Kier alpha value is -0.770. The van der Waals surface area contributed by atoms with Crippen LogP contribution in [0.1, 0.15) is 32.6 Å². The average molecular weight is 187 g/mol. The molecule has 1 saturated carbocycles. The summed E-state index contributed by atoms with van der Waals surface area (Å²) in [5.74, 6) is 0. The fourth-order valence-corrected chi connectivity index (χ4v) is 1.97. The van der Waals surface area contributed by atoms with Gasteiger partial charge in [0.25, 0.3) is 0 Å². The zero-order chi connectivity index (χ0) is 9.84. The molecule has 0 spiro atoms. The van der Waals surface area contributed by atoms with E-state index in [4.69, 9.17) is 5.11 Å². The maximum atomic E-state index is 10.8. The van der Waals surface area contributed by atoms with Crippen LogP contribution in [0.3, 0.4) is 0 Å². The van der Waals surface area contributed by atoms with E-state index in [1.54, 1.807) is 0 Å². The van der Waals surface area contributed by atoms with Crippen LogP contribution < -0.4 is 0 Å². The van der Waals surface area contributed by atoms with Gasteiger partial charge >= 0.3 is 6.09 Å². The van der Waals surface area contributed by atoms with Gasteiger partial charge < -0.3 is 15.1 Å². The minimum absolute atomic E-state index is 0.0197. The number of aliphatic hydroxyl groups excluding tert-OH is 1. The molecule has 0 aromatic rings. The van der Waals surface area contributed by atoms with E-state index in [9.17, 15) is 9.90 Å². The van der Waals surface area contributed by atoms with E-state index in [1.807, 2.05) is 6.92 Å². The van der Waals surface area contributed by atoms with Crippen molar-refractivity contribution in [3.05, 3.63) is 0 Å². The first kappa shape index (κ1) is 10.3. The second-order valence-corrected chi connectivity index (χ2v) is 3.54. The van der Waals surface area contributed by atoms with Crippen molar-refractivity contribution < 1.29 is 15.0 Å². The minimum Gasteiger partial charge on any atom is -0.465 e. The van der Waals surface area contributed by atoms with E-state index in [1.165, 1.54) is 4.90 Å². The molecule has 0 radical (unpaired) electrons. The van der Waals surface area contributed by atoms with Gasteiger partial charge in [-0.05, 0) is 32.6 Å². The molecule has 0 heterocycles. The molecular formula is C9H17NO3. The first-order valence-corrected chi connectivity index (χ1v) is 4.82. The predicted octanol–water partition coefficient (Wildman–Crippen LogP) is 1.29. The minimum atomic E-state index is -0.874. The highest BCUT2D eigenvalue weighted by Gasteiger charge is 2.27. The predicted molar refractivity (Wildman–Crippen MR) is 48.7 cm³/mol. The van der Waals surface area contributed by atoms with Gasteiger partial charge in [0.2, 0.25) is 0 Å². The lowest BCUT2D eigenvalue weighted by atomic mass is 9.92. The lowest BCUT2D eigenvalue weighted by molar-refractivity contribution is 0.0619. The van der Waals surface area contributed by atoms with Gasteiger partial charge in [-0.2, -0.15) is 0 Å². The number of rotatable bonds is 2. The van der Waals surface area contributed by atoms with Gasteiger partial charge in [0.05, 0.1) is 6.10 Å². The number of nitrogens with zero attached hydrogens (tertiary/aromatic N) is 1. The smallest absolute Gasteiger partial charge is 0.407 e. The Morgan fingerprint density at radius 2 is 2.23 bits per heavy atom. The molecule has 76 valence electrons. The number of carboxylic acid groups (broad SMARTS) is 1. The molecule has 0 aliphatic heterocycles. The summed E-state index contributed by atoms with van der Waals surface area (Å²) in [5.41, 5.74) is 0. The van der Waals surface area contributed by atoms with Gasteiger partial charge in [0, 0.05) is 12.6 Å². The quantitative estimate of drug-likeness (QED) is 0.684. The molecule has 1 rings (SSSR count). The highest BCUT2D eigenvalue weighted by molar-refractivity contribution is 5.65. The lowest BCUT2D eigenvalue weighted by Crippen LogP contribution is -2.43. The Labute approximate surface area is 78.2 Å². The molecule has 4 heteroatoms. The van der Waals surface area contributed by atoms with Crippen molar-refractivity contribution in [3.8, 4) is 0 Å². The van der Waals surface area contributed by atoms with Crippen LogP contribution in [0.15, 0.2) is 0 Å². The Bertz CT molecular complexity index is 184. The highest BCUT2D eigenvalue weighted by atomic mass is 16.4. The van der Waals surface area contributed by atoms with E-state index in [0.29, 0.717) is 13.0 Å². The maximum Gasteiger partial charge on any atom is 0.407 e. The van der Waals surface area contributed by atoms with Gasteiger partial charge in [-0.1, -0.05) is 0 Å². The molecule has 2 unspecified atom stereocenters. The molecule has 0 aromatic carbocycles. The summed E-state index contributed by atoms with van der Waals surface area (Å²) in [6.07, 6.45) is 2.04. The fourth-order valence-electron chi connectivity index (χ4n) is 1.97. The second kappa shape index (κ2) is 4.46. The summed E-state index contributed by atoms with van der Waals surface area (Å²) in [7, 11) is 0. The third-order valence-electron chi connectivity index (χ3n) is 2.65. The molecular weight excluding hydrogens is 170 g/mol. The normalized spacial score (nSPS) is 28.5. The molecule has 1 aliphatic rings. The Kier molecular flexibility index (Phi) is 3.54. The average Bonchev–Trinajstić information content (AvgIpc) is 2.04. The van der Waals surface area contributed by atoms with Crippen LogP contribution >= 0.6 is 0 Å². The molecule has 1 aliphatic carbocycles. The largest absolute Gasteiger partial charge is 0.465 e. The zero-order valence-electron chi connectivity index (χ0n) is 7.94. The molecule has 1 amide bonds.